The van der Waals surface area contributed by atoms with E-state index in [0.717, 1.165) is 24.6 Å². The third-order valence-corrected chi connectivity index (χ3v) is 4.85. The van der Waals surface area contributed by atoms with E-state index < -0.39 is 9.85 Å². The van der Waals surface area contributed by atoms with Crippen LogP contribution in [0.1, 0.15) is 33.6 Å². The SMILES string of the molecule is C/C(=N\Nc1ccc([N+](=O)[O-])cc1[N+](=O)[O-])[C@]1(C)CC=CC[C@@H]1C. The van der Waals surface area contributed by atoms with Crippen molar-refractivity contribution in [3.8, 4) is 0 Å². The van der Waals surface area contributed by atoms with Gasteiger partial charge in [-0.05, 0) is 31.7 Å². The van der Waals surface area contributed by atoms with Crippen LogP contribution < -0.4 is 5.43 Å². The molecule has 0 bridgehead atoms. The predicted octanol–water partition coefficient (Wildman–Crippen LogP) is 4.28. The lowest BCUT2D eigenvalue weighted by atomic mass is 9.68. The van der Waals surface area contributed by atoms with Gasteiger partial charge in [0.05, 0.1) is 15.9 Å². The normalized spacial score (nSPS) is 23.8. The van der Waals surface area contributed by atoms with E-state index in [1.165, 1.54) is 12.1 Å². The van der Waals surface area contributed by atoms with Crippen LogP contribution in [-0.2, 0) is 0 Å². The molecule has 1 aromatic carbocycles. The molecular weight excluding hydrogens is 312 g/mol. The number of nitro groups is 2. The van der Waals surface area contributed by atoms with Gasteiger partial charge < -0.3 is 0 Å². The first kappa shape index (κ1) is 17.6. The molecular formula is C16H20N4O4. The highest BCUT2D eigenvalue weighted by molar-refractivity contribution is 5.89. The van der Waals surface area contributed by atoms with E-state index in [1.54, 1.807) is 0 Å². The molecule has 0 fully saturated rings. The Morgan fingerprint density at radius 1 is 1.29 bits per heavy atom. The van der Waals surface area contributed by atoms with Gasteiger partial charge in [-0.1, -0.05) is 26.0 Å². The average molecular weight is 332 g/mol. The molecule has 0 spiro atoms. The highest BCUT2D eigenvalue weighted by Crippen LogP contribution is 2.39. The fourth-order valence-electron chi connectivity index (χ4n) is 2.75. The number of rotatable bonds is 5. The second-order valence-corrected chi connectivity index (χ2v) is 6.25. The molecule has 0 saturated carbocycles. The third-order valence-electron chi connectivity index (χ3n) is 4.85. The van der Waals surface area contributed by atoms with Crippen LogP contribution in [0.15, 0.2) is 35.5 Å². The lowest BCUT2D eigenvalue weighted by Gasteiger charge is -2.37. The summed E-state index contributed by atoms with van der Waals surface area (Å²) in [5.74, 6) is 0.403. The third kappa shape index (κ3) is 3.42. The largest absolute Gasteiger partial charge is 0.301 e. The van der Waals surface area contributed by atoms with Gasteiger partial charge in [-0.3, -0.25) is 25.7 Å². The number of hydrogen-bond donors (Lipinski definition) is 1. The number of nitro benzene ring substituents is 2. The van der Waals surface area contributed by atoms with Gasteiger partial charge in [-0.25, -0.2) is 0 Å². The summed E-state index contributed by atoms with van der Waals surface area (Å²) in [7, 11) is 0. The van der Waals surface area contributed by atoms with E-state index in [1.807, 2.05) is 6.92 Å². The second-order valence-electron chi connectivity index (χ2n) is 6.25. The molecule has 24 heavy (non-hydrogen) atoms. The molecule has 1 N–H and O–H groups in total. The summed E-state index contributed by atoms with van der Waals surface area (Å²) in [5, 5.41) is 26.2. The number of hydrazone groups is 1. The maximum absolute atomic E-state index is 11.1. The summed E-state index contributed by atoms with van der Waals surface area (Å²) in [6.07, 6.45) is 6.08. The number of anilines is 1. The molecule has 0 heterocycles. The summed E-state index contributed by atoms with van der Waals surface area (Å²) in [4.78, 5) is 20.6. The van der Waals surface area contributed by atoms with Crippen LogP contribution in [0.25, 0.3) is 0 Å². The van der Waals surface area contributed by atoms with E-state index in [-0.39, 0.29) is 22.5 Å². The molecule has 8 nitrogen and oxygen atoms in total. The van der Waals surface area contributed by atoms with Gasteiger partial charge in [0.2, 0.25) is 0 Å². The van der Waals surface area contributed by atoms with Crippen molar-refractivity contribution in [2.45, 2.75) is 33.6 Å². The summed E-state index contributed by atoms with van der Waals surface area (Å²) in [5.41, 5.74) is 2.85. The van der Waals surface area contributed by atoms with Gasteiger partial charge in [0.15, 0.2) is 0 Å². The van der Waals surface area contributed by atoms with Crippen molar-refractivity contribution in [3.63, 3.8) is 0 Å². The summed E-state index contributed by atoms with van der Waals surface area (Å²) >= 11 is 0. The van der Waals surface area contributed by atoms with E-state index >= 15 is 0 Å². The second kappa shape index (κ2) is 6.77. The zero-order valence-corrected chi connectivity index (χ0v) is 13.9. The van der Waals surface area contributed by atoms with Crippen molar-refractivity contribution < 1.29 is 9.85 Å². The Labute approximate surface area is 139 Å². The lowest BCUT2D eigenvalue weighted by Crippen LogP contribution is -2.34. The number of non-ortho nitro benzene ring substituents is 1. The lowest BCUT2D eigenvalue weighted by molar-refractivity contribution is -0.393. The van der Waals surface area contributed by atoms with Crippen LogP contribution in [0, 0.1) is 31.6 Å². The zero-order valence-electron chi connectivity index (χ0n) is 13.9. The first-order chi connectivity index (χ1) is 11.3. The van der Waals surface area contributed by atoms with Crippen LogP contribution >= 0.6 is 0 Å². The molecule has 0 radical (unpaired) electrons. The predicted molar refractivity (Wildman–Crippen MR) is 92.1 cm³/mol. The van der Waals surface area contributed by atoms with Crippen molar-refractivity contribution in [3.05, 3.63) is 50.6 Å². The minimum absolute atomic E-state index is 0.128. The van der Waals surface area contributed by atoms with Gasteiger partial charge in [-0.2, -0.15) is 5.10 Å². The molecule has 8 heteroatoms. The molecule has 1 aliphatic carbocycles. The van der Waals surface area contributed by atoms with Crippen molar-refractivity contribution in [2.75, 3.05) is 5.43 Å². The Bertz CT molecular complexity index is 729. The van der Waals surface area contributed by atoms with Crippen LogP contribution in [-0.4, -0.2) is 15.6 Å². The van der Waals surface area contributed by atoms with Gasteiger partial charge >= 0.3 is 5.69 Å². The quantitative estimate of drug-likeness (QED) is 0.374. The number of allylic oxidation sites excluding steroid dienone is 2. The molecule has 2 rings (SSSR count). The Morgan fingerprint density at radius 2 is 2.00 bits per heavy atom. The molecule has 1 aromatic rings. The van der Waals surface area contributed by atoms with E-state index in [9.17, 15) is 20.2 Å². The van der Waals surface area contributed by atoms with Crippen LogP contribution in [0.5, 0.6) is 0 Å². The molecule has 1 aliphatic rings. The molecule has 0 aliphatic heterocycles. The summed E-state index contributed by atoms with van der Waals surface area (Å²) in [6.45, 7) is 6.16. The molecule has 0 aromatic heterocycles. The maximum atomic E-state index is 11.1. The van der Waals surface area contributed by atoms with E-state index in [0.29, 0.717) is 5.92 Å². The number of benzene rings is 1. The smallest absolute Gasteiger partial charge is 0.272 e. The minimum atomic E-state index is -0.664. The average Bonchev–Trinajstić information content (AvgIpc) is 2.54. The van der Waals surface area contributed by atoms with Gasteiger partial charge in [0, 0.05) is 17.2 Å². The Balaban J connectivity index is 2.29. The topological polar surface area (TPSA) is 111 Å². The fraction of sp³-hybridized carbons (Fsp3) is 0.438. The monoisotopic (exact) mass is 332 g/mol. The summed E-state index contributed by atoms with van der Waals surface area (Å²) < 4.78 is 0. The van der Waals surface area contributed by atoms with Crippen LogP contribution in [0.4, 0.5) is 17.1 Å². The van der Waals surface area contributed by atoms with Crippen molar-refractivity contribution in [1.82, 2.24) is 0 Å². The molecule has 0 unspecified atom stereocenters. The van der Waals surface area contributed by atoms with Gasteiger partial charge in [-0.15, -0.1) is 0 Å². The summed E-state index contributed by atoms with van der Waals surface area (Å²) in [6, 6.07) is 3.45. The molecule has 2 atom stereocenters. The van der Waals surface area contributed by atoms with Crippen molar-refractivity contribution in [1.29, 1.82) is 0 Å². The highest BCUT2D eigenvalue weighted by atomic mass is 16.6. The Morgan fingerprint density at radius 3 is 2.58 bits per heavy atom. The molecule has 128 valence electrons. The van der Waals surface area contributed by atoms with E-state index in [4.69, 9.17) is 0 Å². The number of nitrogens with zero attached hydrogens (tertiary/aromatic N) is 3. The first-order valence-electron chi connectivity index (χ1n) is 7.64. The number of hydrogen-bond acceptors (Lipinski definition) is 6. The minimum Gasteiger partial charge on any atom is -0.272 e. The van der Waals surface area contributed by atoms with Gasteiger partial charge in [0.1, 0.15) is 5.69 Å². The molecule has 0 amide bonds. The Kier molecular flexibility index (Phi) is 4.96. The number of nitrogens with one attached hydrogen (secondary N) is 1. The zero-order chi connectivity index (χ0) is 17.9. The van der Waals surface area contributed by atoms with Crippen molar-refractivity contribution >= 4 is 22.8 Å². The maximum Gasteiger partial charge on any atom is 0.301 e. The highest BCUT2D eigenvalue weighted by Gasteiger charge is 2.34. The first-order valence-corrected chi connectivity index (χ1v) is 7.64. The Hall–Kier alpha value is -2.77. The van der Waals surface area contributed by atoms with Crippen LogP contribution in [0.3, 0.4) is 0 Å². The van der Waals surface area contributed by atoms with E-state index in [2.05, 4.69) is 36.5 Å². The van der Waals surface area contributed by atoms with Gasteiger partial charge in [0.25, 0.3) is 5.69 Å². The van der Waals surface area contributed by atoms with Crippen molar-refractivity contribution in [2.24, 2.45) is 16.4 Å². The fourth-order valence-corrected chi connectivity index (χ4v) is 2.75. The standard InChI is InChI=1S/C16H20N4O4/c1-11-6-4-5-9-16(11,3)12(2)17-18-14-8-7-13(19(21)22)10-15(14)20(23)24/h4-5,7-8,10-11,18H,6,9H2,1-3H3/b17-12+/t11-,16+/m0/s1. The molecule has 0 saturated heterocycles. The van der Waals surface area contributed by atoms with Crippen LogP contribution in [0.2, 0.25) is 0 Å².